The first-order valence-electron chi connectivity index (χ1n) is 9.57. The van der Waals surface area contributed by atoms with Gasteiger partial charge in [0, 0.05) is 0 Å². The molecular weight excluding hydrogens is 416 g/mol. The number of aromatic nitrogens is 7. The summed E-state index contributed by atoms with van der Waals surface area (Å²) in [6.07, 6.45) is 0. The topological polar surface area (TPSA) is 108 Å². The van der Waals surface area contributed by atoms with Crippen molar-refractivity contribution in [2.75, 3.05) is 12.5 Å². The van der Waals surface area contributed by atoms with E-state index in [1.807, 2.05) is 56.3 Å². The number of H-pyrrole nitrogens is 1. The Kier molecular flexibility index (Phi) is 5.94. The predicted molar refractivity (Wildman–Crippen MR) is 116 cm³/mol. The van der Waals surface area contributed by atoms with Crippen LogP contribution in [0.15, 0.2) is 42.5 Å². The van der Waals surface area contributed by atoms with E-state index in [1.165, 1.54) is 5.56 Å². The number of nitrogens with one attached hydrogen (secondary N) is 2. The van der Waals surface area contributed by atoms with Crippen molar-refractivity contribution in [2.24, 2.45) is 0 Å². The molecule has 10 nitrogen and oxygen atoms in total. The van der Waals surface area contributed by atoms with Gasteiger partial charge in [-0.15, -0.1) is 5.10 Å². The molecule has 0 spiro atoms. The van der Waals surface area contributed by atoms with E-state index in [0.29, 0.717) is 28.6 Å². The fourth-order valence-corrected chi connectivity index (χ4v) is 3.24. The van der Waals surface area contributed by atoms with Gasteiger partial charge in [-0.1, -0.05) is 23.8 Å². The molecule has 0 aliphatic heterocycles. The minimum absolute atomic E-state index is 0.193. The van der Waals surface area contributed by atoms with Crippen LogP contribution in [-0.2, 0) is 13.2 Å². The van der Waals surface area contributed by atoms with Gasteiger partial charge in [-0.05, 0) is 66.3 Å². The predicted octanol–water partition coefficient (Wildman–Crippen LogP) is 2.86. The molecule has 11 heteroatoms. The number of aryl methyl sites for hydroxylation is 2. The molecule has 0 atom stereocenters. The van der Waals surface area contributed by atoms with E-state index in [2.05, 4.69) is 31.1 Å². The Hall–Kier alpha value is -3.73. The highest BCUT2D eigenvalue weighted by Crippen LogP contribution is 2.29. The second kappa shape index (κ2) is 8.96. The van der Waals surface area contributed by atoms with Crippen LogP contribution >= 0.6 is 12.2 Å². The monoisotopic (exact) mass is 438 g/mol. The van der Waals surface area contributed by atoms with E-state index in [1.54, 1.807) is 16.5 Å². The highest BCUT2D eigenvalue weighted by molar-refractivity contribution is 7.71. The van der Waals surface area contributed by atoms with Crippen molar-refractivity contribution in [1.29, 1.82) is 0 Å². The Bertz CT molecular complexity index is 1230. The number of nitrogens with zero attached hydrogens (tertiary/aromatic N) is 6. The molecule has 0 amide bonds. The zero-order valence-corrected chi connectivity index (χ0v) is 18.2. The summed E-state index contributed by atoms with van der Waals surface area (Å²) in [7, 11) is 1.60. The molecule has 0 radical (unpaired) electrons. The molecule has 0 bridgehead atoms. The molecule has 4 rings (SSSR count). The highest BCUT2D eigenvalue weighted by atomic mass is 32.1. The van der Waals surface area contributed by atoms with Crippen LogP contribution in [0.4, 0.5) is 0 Å². The smallest absolute Gasteiger partial charge is 0.214 e. The number of hydrogen-bond acceptors (Lipinski definition) is 8. The van der Waals surface area contributed by atoms with Gasteiger partial charge in [0.1, 0.15) is 5.82 Å². The molecule has 0 unspecified atom stereocenters. The van der Waals surface area contributed by atoms with Gasteiger partial charge in [-0.3, -0.25) is 5.10 Å². The van der Waals surface area contributed by atoms with Gasteiger partial charge in [0.05, 0.1) is 19.3 Å². The summed E-state index contributed by atoms with van der Waals surface area (Å²) < 4.78 is 15.4. The number of aromatic amines is 1. The van der Waals surface area contributed by atoms with Crippen molar-refractivity contribution < 1.29 is 9.47 Å². The first-order chi connectivity index (χ1) is 15.0. The quantitative estimate of drug-likeness (QED) is 0.405. The lowest BCUT2D eigenvalue weighted by molar-refractivity contribution is 0.273. The summed E-state index contributed by atoms with van der Waals surface area (Å²) in [5.41, 5.74) is 6.26. The second-order valence-corrected chi connectivity index (χ2v) is 7.25. The summed E-state index contributed by atoms with van der Waals surface area (Å²) in [6.45, 7) is 4.63. The maximum atomic E-state index is 5.96. The summed E-state index contributed by atoms with van der Waals surface area (Å²) >= 11 is 5.20. The number of ether oxygens (including phenoxy) is 2. The lowest BCUT2D eigenvalue weighted by Gasteiger charge is -2.13. The van der Waals surface area contributed by atoms with Crippen molar-refractivity contribution >= 4 is 12.2 Å². The molecule has 0 saturated heterocycles. The molecule has 31 heavy (non-hydrogen) atoms. The third-order valence-corrected chi connectivity index (χ3v) is 4.95. The fourth-order valence-electron chi connectivity index (χ4n) is 3.00. The zero-order chi connectivity index (χ0) is 21.8. The molecule has 2 heterocycles. The van der Waals surface area contributed by atoms with Crippen LogP contribution in [0.25, 0.3) is 5.69 Å². The summed E-state index contributed by atoms with van der Waals surface area (Å²) in [4.78, 5) is 0. The number of benzene rings is 2. The van der Waals surface area contributed by atoms with Crippen LogP contribution in [0.3, 0.4) is 0 Å². The largest absolute Gasteiger partial charge is 0.493 e. The molecule has 160 valence electrons. The first kappa shape index (κ1) is 20.5. The molecule has 2 aromatic heterocycles. The van der Waals surface area contributed by atoms with Gasteiger partial charge in [-0.25, -0.2) is 4.68 Å². The van der Waals surface area contributed by atoms with Crippen molar-refractivity contribution in [3.8, 4) is 17.2 Å². The molecule has 0 saturated carbocycles. The summed E-state index contributed by atoms with van der Waals surface area (Å²) in [6, 6.07) is 13.7. The van der Waals surface area contributed by atoms with Gasteiger partial charge in [0.25, 0.3) is 0 Å². The van der Waals surface area contributed by atoms with E-state index >= 15 is 0 Å². The Morgan fingerprint density at radius 1 is 1.10 bits per heavy atom. The Morgan fingerprint density at radius 2 is 1.90 bits per heavy atom. The Labute approximate surface area is 183 Å². The maximum Gasteiger partial charge on any atom is 0.214 e. The second-order valence-electron chi connectivity index (χ2n) is 6.86. The van der Waals surface area contributed by atoms with Crippen LogP contribution in [-0.4, -0.2) is 42.2 Å². The number of methoxy groups -OCH3 is 1. The Morgan fingerprint density at radius 3 is 2.61 bits per heavy atom. The molecule has 2 N–H and O–H groups in total. The molecule has 0 aliphatic carbocycles. The van der Waals surface area contributed by atoms with Gasteiger partial charge in [0.2, 0.25) is 4.77 Å². The molecule has 4 aromatic rings. The SMILES string of the molecule is COc1cc(CNn2c(C)n[nH]c2=S)ccc1OCc1nnnn1-c1ccc(C)cc1. The first-order valence-corrected chi connectivity index (χ1v) is 9.98. The Balaban J connectivity index is 1.45. The molecular formula is C20H22N8O2S. The number of tetrazole rings is 1. The van der Waals surface area contributed by atoms with E-state index in [-0.39, 0.29) is 6.61 Å². The molecule has 0 fully saturated rings. The fraction of sp³-hybridized carbons (Fsp3) is 0.250. The van der Waals surface area contributed by atoms with Crippen molar-refractivity contribution in [3.63, 3.8) is 0 Å². The van der Waals surface area contributed by atoms with Crippen LogP contribution in [0.2, 0.25) is 0 Å². The minimum Gasteiger partial charge on any atom is -0.493 e. The lowest BCUT2D eigenvalue weighted by Crippen LogP contribution is -2.16. The van der Waals surface area contributed by atoms with Crippen LogP contribution in [0.1, 0.15) is 22.8 Å². The van der Waals surface area contributed by atoms with E-state index < -0.39 is 0 Å². The molecule has 0 aliphatic rings. The van der Waals surface area contributed by atoms with E-state index in [9.17, 15) is 0 Å². The summed E-state index contributed by atoms with van der Waals surface area (Å²) in [5, 5.41) is 18.7. The van der Waals surface area contributed by atoms with Crippen LogP contribution in [0, 0.1) is 18.6 Å². The normalized spacial score (nSPS) is 10.8. The van der Waals surface area contributed by atoms with Crippen molar-refractivity contribution in [1.82, 2.24) is 35.1 Å². The third-order valence-electron chi connectivity index (χ3n) is 4.68. The van der Waals surface area contributed by atoms with Crippen LogP contribution < -0.4 is 14.9 Å². The van der Waals surface area contributed by atoms with Crippen molar-refractivity contribution in [3.05, 3.63) is 70.0 Å². The standard InChI is InChI=1S/C20H22N8O2S/c1-13-4-7-16(8-5-13)28-19(23-25-26-28)12-30-17-9-6-15(10-18(17)29-3)11-21-27-14(2)22-24-20(27)31/h4-10,21H,11-12H2,1-3H3,(H,24,31). The van der Waals surface area contributed by atoms with Gasteiger partial charge in [-0.2, -0.15) is 9.78 Å². The average Bonchev–Trinajstić information content (AvgIpc) is 3.38. The van der Waals surface area contributed by atoms with Crippen molar-refractivity contribution in [2.45, 2.75) is 27.0 Å². The maximum absolute atomic E-state index is 5.96. The van der Waals surface area contributed by atoms with Gasteiger partial charge in [0.15, 0.2) is 23.9 Å². The number of hydrogen-bond donors (Lipinski definition) is 2. The average molecular weight is 439 g/mol. The third kappa shape index (κ3) is 4.56. The highest BCUT2D eigenvalue weighted by Gasteiger charge is 2.12. The van der Waals surface area contributed by atoms with Gasteiger partial charge < -0.3 is 14.9 Å². The van der Waals surface area contributed by atoms with Crippen LogP contribution in [0.5, 0.6) is 11.5 Å². The minimum atomic E-state index is 0.193. The zero-order valence-electron chi connectivity index (χ0n) is 17.4. The van der Waals surface area contributed by atoms with E-state index in [4.69, 9.17) is 21.7 Å². The van der Waals surface area contributed by atoms with Gasteiger partial charge >= 0.3 is 0 Å². The lowest BCUT2D eigenvalue weighted by atomic mass is 10.2. The number of rotatable bonds is 8. The molecule has 2 aromatic carbocycles. The van der Waals surface area contributed by atoms with E-state index in [0.717, 1.165) is 17.1 Å². The summed E-state index contributed by atoms with van der Waals surface area (Å²) in [5.74, 6) is 2.55.